The summed E-state index contributed by atoms with van der Waals surface area (Å²) < 4.78 is 11.2. The lowest BCUT2D eigenvalue weighted by Gasteiger charge is -2.23. The van der Waals surface area contributed by atoms with Gasteiger partial charge in [0.15, 0.2) is 5.96 Å². The topological polar surface area (TPSA) is 58.8 Å². The Labute approximate surface area is 179 Å². The van der Waals surface area contributed by atoms with Gasteiger partial charge in [0.25, 0.3) is 0 Å². The quantitative estimate of drug-likeness (QED) is 0.337. The van der Waals surface area contributed by atoms with Gasteiger partial charge in [-0.15, -0.1) is 24.0 Å². The van der Waals surface area contributed by atoms with Crippen molar-refractivity contribution < 1.29 is 9.15 Å². The van der Waals surface area contributed by atoms with Crippen molar-refractivity contribution in [2.75, 3.05) is 19.7 Å². The lowest BCUT2D eigenvalue weighted by atomic mass is 10.1. The lowest BCUT2D eigenvalue weighted by molar-refractivity contribution is 0.0122. The summed E-state index contributed by atoms with van der Waals surface area (Å²) in [6.45, 7) is 3.22. The molecule has 1 aliphatic rings. The zero-order valence-corrected chi connectivity index (χ0v) is 18.1. The van der Waals surface area contributed by atoms with Crippen LogP contribution in [0.5, 0.6) is 0 Å². The molecular formula is C21H30IN3O2. The molecule has 2 N–H and O–H groups in total. The Morgan fingerprint density at radius 2 is 1.89 bits per heavy atom. The van der Waals surface area contributed by atoms with Crippen LogP contribution < -0.4 is 10.6 Å². The molecule has 148 valence electrons. The van der Waals surface area contributed by atoms with Crippen molar-refractivity contribution in [1.29, 1.82) is 0 Å². The first-order valence-electron chi connectivity index (χ1n) is 9.60. The molecule has 3 rings (SSSR count). The fraction of sp³-hybridized carbons (Fsp3) is 0.476. The van der Waals surface area contributed by atoms with Crippen molar-refractivity contribution in [3.05, 3.63) is 60.1 Å². The zero-order chi connectivity index (χ0) is 17.9. The van der Waals surface area contributed by atoms with Gasteiger partial charge in [-0.05, 0) is 43.4 Å². The molecule has 2 aromatic rings. The molecule has 6 heteroatoms. The van der Waals surface area contributed by atoms with E-state index in [0.717, 1.165) is 44.3 Å². The van der Waals surface area contributed by atoms with E-state index in [1.54, 1.807) is 6.26 Å². The van der Waals surface area contributed by atoms with Crippen LogP contribution in [0.4, 0.5) is 0 Å². The highest BCUT2D eigenvalue weighted by Crippen LogP contribution is 2.14. The van der Waals surface area contributed by atoms with E-state index < -0.39 is 0 Å². The Hall–Kier alpha value is -1.54. The molecule has 1 aromatic heterocycles. The summed E-state index contributed by atoms with van der Waals surface area (Å²) in [5.41, 5.74) is 1.20. The van der Waals surface area contributed by atoms with Gasteiger partial charge in [0.1, 0.15) is 5.76 Å². The van der Waals surface area contributed by atoms with Gasteiger partial charge >= 0.3 is 0 Å². The maximum atomic E-state index is 5.81. The summed E-state index contributed by atoms with van der Waals surface area (Å²) in [5, 5.41) is 6.85. The van der Waals surface area contributed by atoms with Crippen LogP contribution in [0.3, 0.4) is 0 Å². The number of hydrogen-bond donors (Lipinski definition) is 2. The molecule has 0 spiro atoms. The van der Waals surface area contributed by atoms with Crippen LogP contribution in [-0.4, -0.2) is 31.8 Å². The first-order valence-corrected chi connectivity index (χ1v) is 9.60. The maximum absolute atomic E-state index is 5.81. The monoisotopic (exact) mass is 483 g/mol. The van der Waals surface area contributed by atoms with Gasteiger partial charge in [-0.2, -0.15) is 0 Å². The smallest absolute Gasteiger partial charge is 0.191 e. The number of furan rings is 1. The Balaban J connectivity index is 0.00000261. The molecule has 0 aliphatic carbocycles. The van der Waals surface area contributed by atoms with Crippen molar-refractivity contribution in [2.45, 2.75) is 44.8 Å². The van der Waals surface area contributed by atoms with Gasteiger partial charge in [-0.25, -0.2) is 4.99 Å². The van der Waals surface area contributed by atoms with E-state index in [2.05, 4.69) is 22.8 Å². The average molecular weight is 483 g/mol. The molecule has 1 saturated heterocycles. The molecule has 27 heavy (non-hydrogen) atoms. The number of nitrogens with one attached hydrogen (secondary N) is 2. The Bertz CT molecular complexity index is 641. The number of rotatable bonds is 8. The fourth-order valence-electron chi connectivity index (χ4n) is 3.07. The van der Waals surface area contributed by atoms with E-state index in [0.29, 0.717) is 12.6 Å². The fourth-order valence-corrected chi connectivity index (χ4v) is 3.07. The summed E-state index contributed by atoms with van der Waals surface area (Å²) in [5.74, 6) is 1.83. The molecular weight excluding hydrogens is 453 g/mol. The van der Waals surface area contributed by atoms with E-state index in [9.17, 15) is 0 Å². The standard InChI is InChI=1S/C21H29N3O2.HI/c1-2-7-18(8-3-1)17-24-21(23-14-12-20-10-6-16-26-20)22-13-11-19-9-4-5-15-25-19;/h1-3,6-8,10,16,19H,4-5,9,11-15,17H2,(H2,22,23,24);1H. The third-order valence-electron chi connectivity index (χ3n) is 4.54. The molecule has 1 fully saturated rings. The predicted molar refractivity (Wildman–Crippen MR) is 120 cm³/mol. The van der Waals surface area contributed by atoms with Crippen LogP contribution in [0.2, 0.25) is 0 Å². The number of ether oxygens (including phenoxy) is 1. The predicted octanol–water partition coefficient (Wildman–Crippen LogP) is 4.13. The van der Waals surface area contributed by atoms with Crippen molar-refractivity contribution in [2.24, 2.45) is 4.99 Å². The van der Waals surface area contributed by atoms with Crippen molar-refractivity contribution in [3.63, 3.8) is 0 Å². The molecule has 1 aromatic carbocycles. The molecule has 1 aliphatic heterocycles. The highest BCUT2D eigenvalue weighted by Gasteiger charge is 2.13. The Morgan fingerprint density at radius 1 is 1.04 bits per heavy atom. The van der Waals surface area contributed by atoms with Gasteiger partial charge in [-0.3, -0.25) is 0 Å². The Morgan fingerprint density at radius 3 is 2.63 bits per heavy atom. The van der Waals surface area contributed by atoms with E-state index in [4.69, 9.17) is 14.1 Å². The van der Waals surface area contributed by atoms with Crippen molar-refractivity contribution >= 4 is 29.9 Å². The first-order chi connectivity index (χ1) is 12.9. The molecule has 1 unspecified atom stereocenters. The molecule has 0 amide bonds. The number of nitrogens with zero attached hydrogens (tertiary/aromatic N) is 1. The van der Waals surface area contributed by atoms with Crippen LogP contribution in [0.1, 0.15) is 37.0 Å². The summed E-state index contributed by atoms with van der Waals surface area (Å²) >= 11 is 0. The molecule has 5 nitrogen and oxygen atoms in total. The molecule has 1 atom stereocenters. The average Bonchev–Trinajstić information content (AvgIpc) is 3.21. The third kappa shape index (κ3) is 8.34. The van der Waals surface area contributed by atoms with Crippen LogP contribution in [-0.2, 0) is 17.7 Å². The second-order valence-electron chi connectivity index (χ2n) is 6.61. The van der Waals surface area contributed by atoms with E-state index in [1.165, 1.54) is 24.8 Å². The van der Waals surface area contributed by atoms with Gasteiger partial charge in [-0.1, -0.05) is 30.3 Å². The zero-order valence-electron chi connectivity index (χ0n) is 15.7. The van der Waals surface area contributed by atoms with Crippen molar-refractivity contribution in [1.82, 2.24) is 10.6 Å². The molecule has 0 bridgehead atoms. The largest absolute Gasteiger partial charge is 0.469 e. The van der Waals surface area contributed by atoms with Gasteiger partial charge in [0, 0.05) is 26.1 Å². The number of hydrogen-bond acceptors (Lipinski definition) is 3. The molecule has 2 heterocycles. The molecule has 0 radical (unpaired) electrons. The number of aliphatic imine (C=N–C) groups is 1. The van der Waals surface area contributed by atoms with E-state index >= 15 is 0 Å². The summed E-state index contributed by atoms with van der Waals surface area (Å²) in [4.78, 5) is 4.72. The second-order valence-corrected chi connectivity index (χ2v) is 6.61. The number of benzene rings is 1. The van der Waals surface area contributed by atoms with Crippen molar-refractivity contribution in [3.8, 4) is 0 Å². The van der Waals surface area contributed by atoms with Gasteiger partial charge in [0.2, 0.25) is 0 Å². The van der Waals surface area contributed by atoms with Gasteiger partial charge < -0.3 is 19.8 Å². The third-order valence-corrected chi connectivity index (χ3v) is 4.54. The van der Waals surface area contributed by atoms with Crippen LogP contribution >= 0.6 is 24.0 Å². The summed E-state index contributed by atoms with van der Waals surface area (Å²) in [6.07, 6.45) is 7.60. The second kappa shape index (κ2) is 12.8. The minimum Gasteiger partial charge on any atom is -0.469 e. The first kappa shape index (κ1) is 21.8. The van der Waals surface area contributed by atoms with Crippen LogP contribution in [0, 0.1) is 0 Å². The maximum Gasteiger partial charge on any atom is 0.191 e. The normalized spacial score (nSPS) is 17.2. The SMILES string of the molecule is I.c1ccc(CN=C(NCCc2ccco2)NCCC2CCCCO2)cc1. The van der Waals surface area contributed by atoms with E-state index in [-0.39, 0.29) is 24.0 Å². The lowest BCUT2D eigenvalue weighted by Crippen LogP contribution is -2.40. The van der Waals surface area contributed by atoms with E-state index in [1.807, 2.05) is 30.3 Å². The highest BCUT2D eigenvalue weighted by molar-refractivity contribution is 14.0. The minimum atomic E-state index is 0. The Kier molecular flexibility index (Phi) is 10.3. The van der Waals surface area contributed by atoms with Crippen LogP contribution in [0.25, 0.3) is 0 Å². The molecule has 0 saturated carbocycles. The number of guanidine groups is 1. The number of halogens is 1. The summed E-state index contributed by atoms with van der Waals surface area (Å²) in [6, 6.07) is 14.2. The minimum absolute atomic E-state index is 0. The summed E-state index contributed by atoms with van der Waals surface area (Å²) in [7, 11) is 0. The highest BCUT2D eigenvalue weighted by atomic mass is 127. The van der Waals surface area contributed by atoms with Crippen LogP contribution in [0.15, 0.2) is 58.1 Å². The van der Waals surface area contributed by atoms with Gasteiger partial charge in [0.05, 0.1) is 18.9 Å².